The molecule has 10 heteroatoms. The highest BCUT2D eigenvalue weighted by Crippen LogP contribution is 2.26. The summed E-state index contributed by atoms with van der Waals surface area (Å²) in [4.78, 5) is 12.0. The lowest BCUT2D eigenvalue weighted by Crippen LogP contribution is -2.46. The Morgan fingerprint density at radius 2 is 2.26 bits per heavy atom. The number of hydrogen-bond donors (Lipinski definition) is 1. The lowest BCUT2D eigenvalue weighted by Gasteiger charge is -2.33. The van der Waals surface area contributed by atoms with Crippen molar-refractivity contribution in [1.82, 2.24) is 9.62 Å². The first kappa shape index (κ1) is 18.1. The van der Waals surface area contributed by atoms with Crippen LogP contribution in [0.1, 0.15) is 6.92 Å². The van der Waals surface area contributed by atoms with Gasteiger partial charge in [0.25, 0.3) is 5.69 Å². The third-order valence-corrected chi connectivity index (χ3v) is 5.35. The van der Waals surface area contributed by atoms with E-state index < -0.39 is 20.6 Å². The average molecular weight is 364 g/mol. The first-order valence-electron chi connectivity index (χ1n) is 7.06. The summed E-state index contributed by atoms with van der Waals surface area (Å²) in [6.45, 7) is 4.61. The number of nitrogens with zero attached hydrogens (tertiary/aromatic N) is 2. The smallest absolute Gasteiger partial charge is 0.290 e. The lowest BCUT2D eigenvalue weighted by molar-refractivity contribution is -0.387. The molecule has 1 unspecified atom stereocenters. The van der Waals surface area contributed by atoms with Gasteiger partial charge >= 0.3 is 0 Å². The largest absolute Gasteiger partial charge is 0.379 e. The van der Waals surface area contributed by atoms with Crippen LogP contribution in [-0.2, 0) is 14.8 Å². The van der Waals surface area contributed by atoms with Crippen LogP contribution < -0.4 is 4.72 Å². The van der Waals surface area contributed by atoms with Gasteiger partial charge in [-0.15, -0.1) is 0 Å². The number of benzene rings is 1. The van der Waals surface area contributed by atoms with E-state index in [4.69, 9.17) is 16.3 Å². The zero-order valence-corrected chi connectivity index (χ0v) is 14.1. The van der Waals surface area contributed by atoms with Crippen molar-refractivity contribution >= 4 is 27.3 Å². The van der Waals surface area contributed by atoms with Crippen molar-refractivity contribution in [3.05, 3.63) is 33.3 Å². The Balaban J connectivity index is 2.06. The van der Waals surface area contributed by atoms with Crippen molar-refractivity contribution in [3.63, 3.8) is 0 Å². The topological polar surface area (TPSA) is 102 Å². The molecular weight excluding hydrogens is 346 g/mol. The summed E-state index contributed by atoms with van der Waals surface area (Å²) in [6.07, 6.45) is 0. The molecule has 1 N–H and O–H groups in total. The summed E-state index contributed by atoms with van der Waals surface area (Å²) >= 11 is 5.69. The van der Waals surface area contributed by atoms with Crippen LogP contribution in [0.25, 0.3) is 0 Å². The Labute approximate surface area is 139 Å². The zero-order valence-electron chi connectivity index (χ0n) is 12.6. The predicted octanol–water partition coefficient (Wildman–Crippen LogP) is 1.25. The van der Waals surface area contributed by atoms with Crippen LogP contribution in [0.4, 0.5) is 5.69 Å². The molecule has 0 aromatic heterocycles. The van der Waals surface area contributed by atoms with E-state index in [-0.39, 0.29) is 22.5 Å². The molecule has 23 heavy (non-hydrogen) atoms. The highest BCUT2D eigenvalue weighted by molar-refractivity contribution is 7.89. The van der Waals surface area contributed by atoms with Gasteiger partial charge in [0.2, 0.25) is 10.0 Å². The highest BCUT2D eigenvalue weighted by Gasteiger charge is 2.26. The van der Waals surface area contributed by atoms with Crippen molar-refractivity contribution in [3.8, 4) is 0 Å². The van der Waals surface area contributed by atoms with Crippen LogP contribution in [-0.4, -0.2) is 57.1 Å². The number of nitro groups is 1. The summed E-state index contributed by atoms with van der Waals surface area (Å²) in [5.74, 6) is 0. The van der Waals surface area contributed by atoms with Crippen LogP contribution in [0.3, 0.4) is 0 Å². The van der Waals surface area contributed by atoms with Crippen molar-refractivity contribution in [2.45, 2.75) is 17.9 Å². The minimum absolute atomic E-state index is 0.109. The standard InChI is InChI=1S/C13H18ClN3O5S/c1-10-9-22-7-6-16(10)5-4-15-23(20,21)13-3-2-11(14)8-12(13)17(18)19/h2-3,8,10,15H,4-7,9H2,1H3. The molecule has 1 heterocycles. The second kappa shape index (κ2) is 7.54. The number of hydrogen-bond acceptors (Lipinski definition) is 6. The summed E-state index contributed by atoms with van der Waals surface area (Å²) < 4.78 is 32.3. The molecule has 2 rings (SSSR count). The average Bonchev–Trinajstić information content (AvgIpc) is 2.48. The Morgan fingerprint density at radius 1 is 1.52 bits per heavy atom. The number of rotatable bonds is 6. The van der Waals surface area contributed by atoms with Crippen molar-refractivity contribution in [1.29, 1.82) is 0 Å². The fourth-order valence-corrected chi connectivity index (χ4v) is 3.69. The molecule has 1 saturated heterocycles. The minimum atomic E-state index is -3.98. The second-order valence-electron chi connectivity index (χ2n) is 5.23. The molecular formula is C13H18ClN3O5S. The fraction of sp³-hybridized carbons (Fsp3) is 0.538. The molecule has 8 nitrogen and oxygen atoms in total. The number of ether oxygens (including phenoxy) is 1. The minimum Gasteiger partial charge on any atom is -0.379 e. The van der Waals surface area contributed by atoms with Crippen LogP contribution in [0, 0.1) is 10.1 Å². The van der Waals surface area contributed by atoms with E-state index in [1.54, 1.807) is 0 Å². The molecule has 0 radical (unpaired) electrons. The van der Waals surface area contributed by atoms with Crippen LogP contribution in [0.2, 0.25) is 5.02 Å². The van der Waals surface area contributed by atoms with Gasteiger partial charge in [-0.3, -0.25) is 15.0 Å². The molecule has 0 spiro atoms. The Bertz CT molecular complexity index is 682. The number of halogens is 1. The van der Waals surface area contributed by atoms with Crippen LogP contribution in [0.5, 0.6) is 0 Å². The van der Waals surface area contributed by atoms with E-state index in [2.05, 4.69) is 9.62 Å². The van der Waals surface area contributed by atoms with Gasteiger partial charge in [-0.1, -0.05) is 11.6 Å². The van der Waals surface area contributed by atoms with Crippen LogP contribution >= 0.6 is 11.6 Å². The van der Waals surface area contributed by atoms with Gasteiger partial charge < -0.3 is 4.74 Å². The van der Waals surface area contributed by atoms with Gasteiger partial charge in [0, 0.05) is 36.8 Å². The molecule has 1 aliphatic heterocycles. The zero-order chi connectivity index (χ0) is 17.0. The third-order valence-electron chi connectivity index (χ3n) is 3.60. The normalized spacial score (nSPS) is 19.7. The molecule has 1 atom stereocenters. The van der Waals surface area contributed by atoms with E-state index >= 15 is 0 Å². The number of morpholine rings is 1. The van der Waals surface area contributed by atoms with Crippen molar-refractivity contribution in [2.75, 3.05) is 32.8 Å². The second-order valence-corrected chi connectivity index (χ2v) is 7.40. The van der Waals surface area contributed by atoms with Gasteiger partial charge in [-0.25, -0.2) is 13.1 Å². The summed E-state index contributed by atoms with van der Waals surface area (Å²) in [6, 6.07) is 3.69. The number of nitro benzene ring substituents is 1. The van der Waals surface area contributed by atoms with Crippen LogP contribution in [0.15, 0.2) is 23.1 Å². The molecule has 1 aromatic carbocycles. The van der Waals surface area contributed by atoms with Gasteiger partial charge in [0.05, 0.1) is 18.1 Å². The molecule has 1 aliphatic rings. The van der Waals surface area contributed by atoms with E-state index in [0.29, 0.717) is 19.8 Å². The molecule has 0 amide bonds. The fourth-order valence-electron chi connectivity index (χ4n) is 2.36. The van der Waals surface area contributed by atoms with Gasteiger partial charge in [0.1, 0.15) is 0 Å². The number of sulfonamides is 1. The summed E-state index contributed by atoms with van der Waals surface area (Å²) in [5.41, 5.74) is -0.537. The van der Waals surface area contributed by atoms with Crippen molar-refractivity contribution in [2.24, 2.45) is 0 Å². The summed E-state index contributed by atoms with van der Waals surface area (Å²) in [7, 11) is -3.98. The van der Waals surface area contributed by atoms with E-state index in [1.165, 1.54) is 6.07 Å². The molecule has 128 valence electrons. The first-order valence-corrected chi connectivity index (χ1v) is 8.93. The molecule has 1 aromatic rings. The highest BCUT2D eigenvalue weighted by atomic mass is 35.5. The van der Waals surface area contributed by atoms with Gasteiger partial charge in [-0.05, 0) is 19.1 Å². The van der Waals surface area contributed by atoms with E-state index in [9.17, 15) is 18.5 Å². The number of nitrogens with one attached hydrogen (secondary N) is 1. The van der Waals surface area contributed by atoms with E-state index in [1.807, 2.05) is 6.92 Å². The van der Waals surface area contributed by atoms with Crippen molar-refractivity contribution < 1.29 is 18.1 Å². The molecule has 0 aliphatic carbocycles. The maximum absolute atomic E-state index is 12.3. The first-order chi connectivity index (χ1) is 10.8. The molecule has 0 saturated carbocycles. The lowest BCUT2D eigenvalue weighted by atomic mass is 10.2. The van der Waals surface area contributed by atoms with Gasteiger partial charge in [-0.2, -0.15) is 0 Å². The predicted molar refractivity (Wildman–Crippen MR) is 85.1 cm³/mol. The molecule has 1 fully saturated rings. The third kappa shape index (κ3) is 4.61. The maximum Gasteiger partial charge on any atom is 0.290 e. The Kier molecular flexibility index (Phi) is 5.93. The maximum atomic E-state index is 12.3. The monoisotopic (exact) mass is 363 g/mol. The van der Waals surface area contributed by atoms with E-state index in [0.717, 1.165) is 18.7 Å². The SMILES string of the molecule is CC1COCCN1CCNS(=O)(=O)c1ccc(Cl)cc1[N+](=O)[O-]. The summed E-state index contributed by atoms with van der Waals surface area (Å²) in [5, 5.41) is 11.1. The Hall–Kier alpha value is -1.26. The quantitative estimate of drug-likeness (QED) is 0.602. The Morgan fingerprint density at radius 3 is 2.91 bits per heavy atom. The van der Waals surface area contributed by atoms with Gasteiger partial charge in [0.15, 0.2) is 4.90 Å². The molecule has 0 bridgehead atoms.